The average Bonchev–Trinajstić information content (AvgIpc) is 3.34. The van der Waals surface area contributed by atoms with Gasteiger partial charge in [-0.25, -0.2) is 14.2 Å². The summed E-state index contributed by atoms with van der Waals surface area (Å²) < 4.78 is 16.7. The number of hydrogen-bond donors (Lipinski definition) is 1. The van der Waals surface area contributed by atoms with Crippen LogP contribution < -0.4 is 10.3 Å². The van der Waals surface area contributed by atoms with Crippen LogP contribution in [0.25, 0.3) is 10.9 Å². The van der Waals surface area contributed by atoms with Crippen molar-refractivity contribution in [3.05, 3.63) is 56.5 Å². The number of rotatable bonds is 7. The number of carbonyl (C=O) groups is 1. The fourth-order valence-electron chi connectivity index (χ4n) is 4.03. The van der Waals surface area contributed by atoms with Crippen molar-refractivity contribution >= 4 is 39.6 Å². The molecule has 0 radical (unpaired) electrons. The van der Waals surface area contributed by atoms with Crippen molar-refractivity contribution in [3.63, 3.8) is 0 Å². The second-order valence-corrected chi connectivity index (χ2v) is 8.50. The van der Waals surface area contributed by atoms with Crippen LogP contribution in [0, 0.1) is 5.82 Å². The molecule has 174 valence electrons. The number of aromatic nitrogens is 2. The molecule has 0 spiro atoms. The Morgan fingerprint density at radius 1 is 1.30 bits per heavy atom. The highest BCUT2D eigenvalue weighted by Crippen LogP contribution is 2.26. The molecule has 11 heteroatoms. The first-order chi connectivity index (χ1) is 15.9. The van der Waals surface area contributed by atoms with Gasteiger partial charge in [-0.3, -0.25) is 9.69 Å². The fraction of sp³-hybridized carbons (Fsp3) is 0.364. The van der Waals surface area contributed by atoms with E-state index < -0.39 is 17.2 Å². The highest BCUT2D eigenvalue weighted by Gasteiger charge is 2.24. The van der Waals surface area contributed by atoms with E-state index in [-0.39, 0.29) is 10.9 Å². The third-order valence-corrected chi connectivity index (χ3v) is 6.51. The van der Waals surface area contributed by atoms with Gasteiger partial charge in [0.1, 0.15) is 29.2 Å². The molecule has 1 N–H and O–H groups in total. The molecule has 4 rings (SSSR count). The summed E-state index contributed by atoms with van der Waals surface area (Å²) in [7, 11) is 1.50. The number of aryl methyl sites for hydroxylation is 1. The second-order valence-electron chi connectivity index (χ2n) is 7.60. The summed E-state index contributed by atoms with van der Waals surface area (Å²) in [5.74, 6) is -1.86. The first kappa shape index (κ1) is 22.9. The maximum Gasteiger partial charge on any atom is 0.341 e. The average molecular weight is 474 g/mol. The van der Waals surface area contributed by atoms with Gasteiger partial charge in [0.05, 0.1) is 11.2 Å². The molecule has 0 saturated carbocycles. The van der Waals surface area contributed by atoms with Crippen LogP contribution >= 0.6 is 11.3 Å². The number of nitrogens with zero attached hydrogens (tertiary/aromatic N) is 5. The number of fused-ring (bicyclic) bond motifs is 1. The predicted molar refractivity (Wildman–Crippen MR) is 125 cm³/mol. The van der Waals surface area contributed by atoms with E-state index in [1.54, 1.807) is 16.8 Å². The fourth-order valence-corrected chi connectivity index (χ4v) is 4.64. The minimum absolute atomic E-state index is 0.0699. The highest BCUT2D eigenvalue weighted by atomic mass is 32.1. The molecule has 0 bridgehead atoms. The number of carboxylic acid groups (broad SMARTS) is 1. The van der Waals surface area contributed by atoms with Gasteiger partial charge in [-0.1, -0.05) is 5.16 Å². The number of carboxylic acids is 1. The topological polar surface area (TPSA) is 100 Å². The number of anilines is 1. The monoisotopic (exact) mass is 473 g/mol. The van der Waals surface area contributed by atoms with Crippen LogP contribution in [0.15, 0.2) is 39.9 Å². The molecule has 9 nitrogen and oxygen atoms in total. The van der Waals surface area contributed by atoms with E-state index in [0.717, 1.165) is 16.8 Å². The first-order valence-electron chi connectivity index (χ1n) is 10.5. The van der Waals surface area contributed by atoms with Gasteiger partial charge in [0.25, 0.3) is 0 Å². The van der Waals surface area contributed by atoms with E-state index in [0.29, 0.717) is 50.5 Å². The van der Waals surface area contributed by atoms with Crippen LogP contribution in [-0.2, 0) is 11.4 Å². The molecule has 2 aromatic heterocycles. The number of piperazine rings is 1. The van der Waals surface area contributed by atoms with Crippen molar-refractivity contribution < 1.29 is 19.1 Å². The lowest BCUT2D eigenvalue weighted by molar-refractivity contribution is 0.0695. The molecule has 1 aliphatic rings. The van der Waals surface area contributed by atoms with Crippen LogP contribution in [-0.4, -0.2) is 71.1 Å². The number of hydrogen-bond acceptors (Lipinski definition) is 8. The third-order valence-electron chi connectivity index (χ3n) is 5.69. The van der Waals surface area contributed by atoms with Crippen LogP contribution in [0.4, 0.5) is 10.1 Å². The predicted octanol–water partition coefficient (Wildman–Crippen LogP) is 2.49. The molecule has 0 unspecified atom stereocenters. The van der Waals surface area contributed by atoms with Gasteiger partial charge in [-0.2, -0.15) is 0 Å². The Morgan fingerprint density at radius 3 is 2.67 bits per heavy atom. The number of halogens is 1. The summed E-state index contributed by atoms with van der Waals surface area (Å²) in [4.78, 5) is 37.4. The van der Waals surface area contributed by atoms with Gasteiger partial charge < -0.3 is 19.4 Å². The van der Waals surface area contributed by atoms with Gasteiger partial charge in [-0.05, 0) is 19.1 Å². The van der Waals surface area contributed by atoms with E-state index in [1.807, 2.05) is 17.2 Å². The Kier molecular flexibility index (Phi) is 6.70. The van der Waals surface area contributed by atoms with Crippen molar-refractivity contribution in [3.8, 4) is 0 Å². The smallest absolute Gasteiger partial charge is 0.341 e. The van der Waals surface area contributed by atoms with Crippen LogP contribution in [0.5, 0.6) is 0 Å². The molecule has 0 aliphatic carbocycles. The van der Waals surface area contributed by atoms with Gasteiger partial charge >= 0.3 is 5.97 Å². The molecule has 1 aliphatic heterocycles. The van der Waals surface area contributed by atoms with Crippen molar-refractivity contribution in [2.45, 2.75) is 13.5 Å². The van der Waals surface area contributed by atoms with E-state index in [4.69, 9.17) is 4.84 Å². The molecular formula is C22H24FN5O4S. The Morgan fingerprint density at radius 2 is 2.06 bits per heavy atom. The van der Waals surface area contributed by atoms with Crippen LogP contribution in [0.3, 0.4) is 0 Å². The standard InChI is InChI=1S/C22H24FN5O4S/c1-3-27-12-15(22(30)31)20(29)14-10-16(23)19(11-18(14)27)28-7-5-26(6-8-28)13-17(25-32-2)21-24-4-9-33-21/h4,9-12H,3,5-8,13H2,1-2H3,(H,30,31)/b25-17+. The molecular weight excluding hydrogens is 449 g/mol. The quantitative estimate of drug-likeness (QED) is 0.416. The molecule has 1 fully saturated rings. The number of thiazole rings is 1. The molecule has 1 aromatic carbocycles. The Bertz CT molecular complexity index is 1250. The highest BCUT2D eigenvalue weighted by molar-refractivity contribution is 7.11. The molecule has 33 heavy (non-hydrogen) atoms. The van der Waals surface area contributed by atoms with E-state index in [9.17, 15) is 14.7 Å². The lowest BCUT2D eigenvalue weighted by Crippen LogP contribution is -2.48. The zero-order chi connectivity index (χ0) is 23.5. The summed E-state index contributed by atoms with van der Waals surface area (Å²) in [5.41, 5.74) is 0.629. The van der Waals surface area contributed by atoms with Crippen molar-refractivity contribution in [2.75, 3.05) is 44.7 Å². The Hall–Kier alpha value is -3.31. The summed E-state index contributed by atoms with van der Waals surface area (Å²) in [6, 6.07) is 2.80. The summed E-state index contributed by atoms with van der Waals surface area (Å²) in [6.45, 7) is 5.42. The van der Waals surface area contributed by atoms with Gasteiger partial charge in [0.2, 0.25) is 5.43 Å². The zero-order valence-electron chi connectivity index (χ0n) is 18.3. The van der Waals surface area contributed by atoms with Gasteiger partial charge in [-0.15, -0.1) is 11.3 Å². The van der Waals surface area contributed by atoms with Gasteiger partial charge in [0.15, 0.2) is 0 Å². The minimum Gasteiger partial charge on any atom is -0.477 e. The van der Waals surface area contributed by atoms with Crippen LogP contribution in [0.1, 0.15) is 22.3 Å². The van der Waals surface area contributed by atoms with E-state index >= 15 is 4.39 Å². The van der Waals surface area contributed by atoms with Crippen LogP contribution in [0.2, 0.25) is 0 Å². The first-order valence-corrected chi connectivity index (χ1v) is 11.4. The molecule has 3 aromatic rings. The van der Waals surface area contributed by atoms with E-state index in [2.05, 4.69) is 15.0 Å². The molecule has 0 atom stereocenters. The summed E-state index contributed by atoms with van der Waals surface area (Å²) in [6.07, 6.45) is 3.04. The number of aromatic carboxylic acids is 1. The number of benzene rings is 1. The Balaban J connectivity index is 1.56. The number of pyridine rings is 1. The second kappa shape index (κ2) is 9.67. The maximum absolute atomic E-state index is 15.1. The minimum atomic E-state index is -1.32. The maximum atomic E-state index is 15.1. The van der Waals surface area contributed by atoms with Gasteiger partial charge in [0, 0.05) is 62.4 Å². The lowest BCUT2D eigenvalue weighted by atomic mass is 10.1. The largest absolute Gasteiger partial charge is 0.477 e. The van der Waals surface area contributed by atoms with Crippen molar-refractivity contribution in [1.82, 2.24) is 14.5 Å². The normalized spacial score (nSPS) is 15.2. The van der Waals surface area contributed by atoms with Crippen molar-refractivity contribution in [1.29, 1.82) is 0 Å². The molecule has 3 heterocycles. The van der Waals surface area contributed by atoms with E-state index in [1.165, 1.54) is 24.6 Å². The molecule has 1 saturated heterocycles. The van der Waals surface area contributed by atoms with Crippen molar-refractivity contribution in [2.24, 2.45) is 5.16 Å². The summed E-state index contributed by atoms with van der Waals surface area (Å²) >= 11 is 1.49. The number of oxime groups is 1. The summed E-state index contributed by atoms with van der Waals surface area (Å²) in [5, 5.41) is 16.2. The zero-order valence-corrected chi connectivity index (χ0v) is 19.1. The Labute approximate surface area is 193 Å². The molecule has 0 amide bonds. The SMILES string of the molecule is CCn1cc(C(=O)O)c(=O)c2cc(F)c(N3CCN(C/C(=N\OC)c4nccs4)CC3)cc21. The lowest BCUT2D eigenvalue weighted by Gasteiger charge is -2.36. The third kappa shape index (κ3) is 4.60.